The first-order chi connectivity index (χ1) is 14.8. The molecule has 1 amide bonds. The number of carbonyl (C=O) groups is 1. The average molecular weight is 414 g/mol. The van der Waals surface area contributed by atoms with Gasteiger partial charge < -0.3 is 19.3 Å². The van der Waals surface area contributed by atoms with Crippen molar-refractivity contribution >= 4 is 5.91 Å². The van der Waals surface area contributed by atoms with E-state index >= 15 is 0 Å². The van der Waals surface area contributed by atoms with E-state index in [1.165, 1.54) is 50.8 Å². The first kappa shape index (κ1) is 20.1. The highest BCUT2D eigenvalue weighted by Crippen LogP contribution is 2.38. The van der Waals surface area contributed by atoms with Crippen molar-refractivity contribution in [2.45, 2.75) is 57.0 Å². The van der Waals surface area contributed by atoms with E-state index in [0.29, 0.717) is 25.8 Å². The highest BCUT2D eigenvalue weighted by atomic mass is 16.6. The van der Waals surface area contributed by atoms with E-state index < -0.39 is 0 Å². The summed E-state index contributed by atoms with van der Waals surface area (Å²) in [6.07, 6.45) is 8.59. The van der Waals surface area contributed by atoms with Crippen LogP contribution in [0, 0.1) is 0 Å². The van der Waals surface area contributed by atoms with E-state index in [4.69, 9.17) is 9.47 Å². The number of hydrogen-bond donors (Lipinski definition) is 0. The van der Waals surface area contributed by atoms with Crippen molar-refractivity contribution < 1.29 is 14.3 Å². The van der Waals surface area contributed by atoms with Gasteiger partial charge in [-0.3, -0.25) is 9.69 Å². The third-order valence-electron chi connectivity index (χ3n) is 7.28. The second-order valence-electron chi connectivity index (χ2n) is 9.28. The van der Waals surface area contributed by atoms with Crippen LogP contribution in [0.5, 0.6) is 11.5 Å². The lowest BCUT2D eigenvalue weighted by Crippen LogP contribution is -2.46. The van der Waals surface area contributed by atoms with Crippen molar-refractivity contribution in [1.29, 1.82) is 0 Å². The summed E-state index contributed by atoms with van der Waals surface area (Å²) in [5, 5.41) is 0. The van der Waals surface area contributed by atoms with Crippen LogP contribution < -0.4 is 9.47 Å². The lowest BCUT2D eigenvalue weighted by atomic mass is 10.0. The number of piperidine rings is 1. The fourth-order valence-electron chi connectivity index (χ4n) is 5.69. The first-order valence-electron chi connectivity index (χ1n) is 11.9. The summed E-state index contributed by atoms with van der Waals surface area (Å²) in [5.74, 6) is 1.93. The van der Waals surface area contributed by atoms with Crippen molar-refractivity contribution in [1.82, 2.24) is 14.7 Å². The molecule has 4 heterocycles. The largest absolute Gasteiger partial charge is 0.486 e. The summed E-state index contributed by atoms with van der Waals surface area (Å²) in [6.45, 7) is 7.30. The molecule has 0 radical (unpaired) electrons. The minimum Gasteiger partial charge on any atom is -0.486 e. The predicted molar refractivity (Wildman–Crippen MR) is 116 cm³/mol. The van der Waals surface area contributed by atoms with Crippen LogP contribution in [0.4, 0.5) is 0 Å². The monoisotopic (exact) mass is 413 g/mol. The van der Waals surface area contributed by atoms with Crippen molar-refractivity contribution in [2.75, 3.05) is 52.5 Å². The number of benzene rings is 1. The Hall–Kier alpha value is -1.79. The van der Waals surface area contributed by atoms with Gasteiger partial charge in [-0.25, -0.2) is 0 Å². The maximum absolute atomic E-state index is 13.3. The zero-order valence-corrected chi connectivity index (χ0v) is 18.1. The normalized spacial score (nSPS) is 27.5. The van der Waals surface area contributed by atoms with Crippen molar-refractivity contribution in [3.05, 3.63) is 23.8 Å². The number of ether oxygens (including phenoxy) is 2. The minimum absolute atomic E-state index is 0.163. The summed E-state index contributed by atoms with van der Waals surface area (Å²) in [6, 6.07) is 6.90. The van der Waals surface area contributed by atoms with Gasteiger partial charge in [0.25, 0.3) is 0 Å². The van der Waals surface area contributed by atoms with E-state index in [2.05, 4.69) is 26.8 Å². The van der Waals surface area contributed by atoms with E-state index in [1.54, 1.807) is 0 Å². The number of nitrogens with zero attached hydrogens (tertiary/aromatic N) is 3. The van der Waals surface area contributed by atoms with Crippen LogP contribution in [-0.4, -0.2) is 79.1 Å². The molecule has 0 aromatic heterocycles. The average Bonchev–Trinajstić information content (AvgIpc) is 3.44. The molecule has 3 saturated heterocycles. The molecule has 6 nitrogen and oxygen atoms in total. The quantitative estimate of drug-likeness (QED) is 0.742. The van der Waals surface area contributed by atoms with Gasteiger partial charge >= 0.3 is 0 Å². The van der Waals surface area contributed by atoms with Gasteiger partial charge in [0, 0.05) is 19.1 Å². The molecule has 2 unspecified atom stereocenters. The van der Waals surface area contributed by atoms with Gasteiger partial charge in [-0.15, -0.1) is 0 Å². The molecule has 4 aliphatic heterocycles. The molecular formula is C24H35N3O3. The Bertz CT molecular complexity index is 749. The van der Waals surface area contributed by atoms with Crippen molar-refractivity contribution in [3.8, 4) is 11.5 Å². The molecule has 0 spiro atoms. The zero-order valence-electron chi connectivity index (χ0n) is 18.1. The molecule has 164 valence electrons. The predicted octanol–water partition coefficient (Wildman–Crippen LogP) is 3.07. The Kier molecular flexibility index (Phi) is 6.14. The Morgan fingerprint density at radius 3 is 2.57 bits per heavy atom. The Morgan fingerprint density at radius 1 is 0.900 bits per heavy atom. The minimum atomic E-state index is 0.163. The fourth-order valence-corrected chi connectivity index (χ4v) is 5.69. The molecule has 1 aromatic carbocycles. The topological polar surface area (TPSA) is 45.3 Å². The molecule has 4 aliphatic rings. The maximum atomic E-state index is 13.3. The molecule has 0 aliphatic carbocycles. The van der Waals surface area contributed by atoms with Crippen LogP contribution in [0.25, 0.3) is 0 Å². The van der Waals surface area contributed by atoms with E-state index in [0.717, 1.165) is 44.0 Å². The van der Waals surface area contributed by atoms with Crippen LogP contribution >= 0.6 is 0 Å². The smallest absolute Gasteiger partial charge is 0.237 e. The molecule has 0 bridgehead atoms. The number of amides is 1. The van der Waals surface area contributed by atoms with Crippen LogP contribution in [0.1, 0.15) is 56.6 Å². The summed E-state index contributed by atoms with van der Waals surface area (Å²) >= 11 is 0. The number of carbonyl (C=O) groups excluding carboxylic acids is 1. The van der Waals surface area contributed by atoms with Crippen molar-refractivity contribution in [2.24, 2.45) is 0 Å². The molecule has 5 rings (SSSR count). The van der Waals surface area contributed by atoms with Gasteiger partial charge in [0.1, 0.15) is 13.2 Å². The fraction of sp³-hybridized carbons (Fsp3) is 0.708. The summed E-state index contributed by atoms with van der Waals surface area (Å²) in [4.78, 5) is 20.5. The van der Waals surface area contributed by atoms with Crippen molar-refractivity contribution in [3.63, 3.8) is 0 Å². The Morgan fingerprint density at radius 2 is 1.70 bits per heavy atom. The lowest BCUT2D eigenvalue weighted by Gasteiger charge is -2.34. The molecule has 30 heavy (non-hydrogen) atoms. The van der Waals surface area contributed by atoms with Crippen LogP contribution in [0.2, 0.25) is 0 Å². The number of hydrogen-bond acceptors (Lipinski definition) is 5. The van der Waals surface area contributed by atoms with Gasteiger partial charge in [-0.05, 0) is 75.9 Å². The number of fused-ring (bicyclic) bond motifs is 1. The van der Waals surface area contributed by atoms with Gasteiger partial charge in [-0.2, -0.15) is 0 Å². The summed E-state index contributed by atoms with van der Waals surface area (Å²) < 4.78 is 11.4. The van der Waals surface area contributed by atoms with Crippen LogP contribution in [0.15, 0.2) is 18.2 Å². The standard InChI is InChI=1S/C24H35N3O3/c28-24(18-26-12-4-6-20(26)17-25-10-2-1-3-11-25)27-13-5-7-21(27)19-8-9-22-23(16-19)30-15-14-29-22/h8-9,16,20-21H,1-7,10-15,17-18H2. The summed E-state index contributed by atoms with van der Waals surface area (Å²) in [7, 11) is 0. The van der Waals surface area contributed by atoms with Crippen LogP contribution in [0.3, 0.4) is 0 Å². The van der Waals surface area contributed by atoms with Crippen LogP contribution in [-0.2, 0) is 4.79 Å². The third kappa shape index (κ3) is 4.30. The molecule has 1 aromatic rings. The Balaban J connectivity index is 1.22. The Labute approximate surface area is 180 Å². The SMILES string of the molecule is O=C(CN1CCCC1CN1CCCCC1)N1CCCC1c1ccc2c(c1)OCCO2. The molecule has 3 fully saturated rings. The lowest BCUT2D eigenvalue weighted by molar-refractivity contribution is -0.133. The second-order valence-corrected chi connectivity index (χ2v) is 9.28. The molecule has 6 heteroatoms. The summed E-state index contributed by atoms with van der Waals surface area (Å²) in [5.41, 5.74) is 1.18. The highest BCUT2D eigenvalue weighted by Gasteiger charge is 2.34. The molecule has 0 N–H and O–H groups in total. The molecular weight excluding hydrogens is 378 g/mol. The van der Waals surface area contributed by atoms with Gasteiger partial charge in [0.05, 0.1) is 12.6 Å². The first-order valence-corrected chi connectivity index (χ1v) is 11.9. The van der Waals surface area contributed by atoms with Gasteiger partial charge in [0.15, 0.2) is 11.5 Å². The maximum Gasteiger partial charge on any atom is 0.237 e. The highest BCUT2D eigenvalue weighted by molar-refractivity contribution is 5.79. The molecule has 2 atom stereocenters. The van der Waals surface area contributed by atoms with Gasteiger partial charge in [-0.1, -0.05) is 12.5 Å². The number of rotatable bonds is 5. The number of likely N-dealkylation sites (tertiary alicyclic amines) is 3. The third-order valence-corrected chi connectivity index (χ3v) is 7.28. The van der Waals surface area contributed by atoms with E-state index in [-0.39, 0.29) is 11.9 Å². The molecule has 0 saturated carbocycles. The second kappa shape index (κ2) is 9.15. The van der Waals surface area contributed by atoms with Gasteiger partial charge in [0.2, 0.25) is 5.91 Å². The zero-order chi connectivity index (χ0) is 20.3. The van der Waals surface area contributed by atoms with E-state index in [1.807, 2.05) is 6.07 Å². The van der Waals surface area contributed by atoms with E-state index in [9.17, 15) is 4.79 Å².